The minimum atomic E-state index is -1.14. The smallest absolute Gasteiger partial charge is 0.307 e. The molecule has 0 fully saturated rings. The van der Waals surface area contributed by atoms with Crippen LogP contribution < -0.4 is 19.5 Å². The molecule has 0 saturated carbocycles. The Morgan fingerprint density at radius 1 is 0.725 bits per heavy atom. The number of carbonyl (C=O) groups is 2. The SMILES string of the molecule is CCCCCCCCN1/C(=C\C=C\c2n(CCC(=O)O)c3cc(Cl)c(Cl)cc3[n+]2CCCCCCCC)N(CCC(=O)[O-])c2cc(Cl)c(Cl)cc21. The van der Waals surface area contributed by atoms with Crippen molar-refractivity contribution in [2.75, 3.05) is 22.9 Å². The minimum Gasteiger partial charge on any atom is -0.550 e. The van der Waals surface area contributed by atoms with Gasteiger partial charge in [-0.25, -0.2) is 9.13 Å². The number of carboxylic acid groups (broad SMARTS) is 2. The third-order valence-corrected chi connectivity index (χ3v) is 10.8. The van der Waals surface area contributed by atoms with Gasteiger partial charge in [-0.15, -0.1) is 0 Å². The predicted octanol–water partition coefficient (Wildman–Crippen LogP) is 10.1. The molecule has 1 aliphatic rings. The molecule has 0 bridgehead atoms. The number of imidazole rings is 1. The van der Waals surface area contributed by atoms with Gasteiger partial charge in [0.15, 0.2) is 11.0 Å². The molecule has 3 aromatic rings. The summed E-state index contributed by atoms with van der Waals surface area (Å²) in [7, 11) is 0. The third-order valence-electron chi connectivity index (χ3n) is 9.35. The van der Waals surface area contributed by atoms with Crippen molar-refractivity contribution in [2.45, 2.75) is 117 Å². The molecular weight excluding hydrogens is 730 g/mol. The summed E-state index contributed by atoms with van der Waals surface area (Å²) in [4.78, 5) is 27.6. The Hall–Kier alpha value is -2.91. The van der Waals surface area contributed by atoms with Crippen molar-refractivity contribution in [3.8, 4) is 0 Å². The summed E-state index contributed by atoms with van der Waals surface area (Å²) < 4.78 is 4.18. The van der Waals surface area contributed by atoms with Gasteiger partial charge in [0.05, 0.1) is 44.4 Å². The molecule has 0 saturated heterocycles. The molecule has 0 aliphatic carbocycles. The Kier molecular flexibility index (Phi) is 16.3. The van der Waals surface area contributed by atoms with Crippen LogP contribution in [0.4, 0.5) is 11.4 Å². The van der Waals surface area contributed by atoms with Crippen LogP contribution in [0, 0.1) is 0 Å². The average Bonchev–Trinajstić information content (AvgIpc) is 3.52. The fourth-order valence-corrected chi connectivity index (χ4v) is 7.36. The number of benzene rings is 2. The number of anilines is 2. The number of nitrogens with zero attached hydrogens (tertiary/aromatic N) is 4. The minimum absolute atomic E-state index is 0.0666. The van der Waals surface area contributed by atoms with Gasteiger partial charge in [-0.3, -0.25) is 4.79 Å². The Bertz CT molecular complexity index is 1720. The first-order chi connectivity index (χ1) is 24.6. The molecule has 0 amide bonds. The van der Waals surface area contributed by atoms with Gasteiger partial charge < -0.3 is 24.8 Å². The standard InChI is InChI=1S/C39H50Cl4N4O4/c1-3-5-7-9-11-13-20-44-32-24-28(40)30(42)26-34(32)46(22-18-38(48)49)36(44)16-15-17-37-45(21-14-12-10-8-6-4-2)33-25-29(41)31(43)27-35(33)47(37)23-19-39(50)51/h15-17,24-27H,3-14,18-23H2,1-2H3,(H-,48,49,50,51). The number of fused-ring (bicyclic) bond motifs is 2. The molecule has 0 spiro atoms. The van der Waals surface area contributed by atoms with Crippen LogP contribution in [-0.4, -0.2) is 34.7 Å². The van der Waals surface area contributed by atoms with Crippen molar-refractivity contribution in [1.82, 2.24) is 4.57 Å². The second-order valence-electron chi connectivity index (χ2n) is 13.2. The van der Waals surface area contributed by atoms with Crippen LogP contribution >= 0.6 is 46.4 Å². The number of aliphatic carboxylic acids is 2. The van der Waals surface area contributed by atoms with Gasteiger partial charge in [-0.1, -0.05) is 124 Å². The Labute approximate surface area is 322 Å². The molecule has 51 heavy (non-hydrogen) atoms. The lowest BCUT2D eigenvalue weighted by Gasteiger charge is -2.25. The first-order valence-corrected chi connectivity index (χ1v) is 19.8. The van der Waals surface area contributed by atoms with Gasteiger partial charge >= 0.3 is 5.97 Å². The first-order valence-electron chi connectivity index (χ1n) is 18.3. The van der Waals surface area contributed by atoms with Crippen molar-refractivity contribution >= 4 is 86.8 Å². The van der Waals surface area contributed by atoms with Gasteiger partial charge in [-0.2, -0.15) is 0 Å². The lowest BCUT2D eigenvalue weighted by molar-refractivity contribution is -0.674. The number of aryl methyl sites for hydroxylation is 2. The molecule has 0 unspecified atom stereocenters. The molecule has 1 aromatic heterocycles. The molecular formula is C39H50Cl4N4O4. The van der Waals surface area contributed by atoms with E-state index in [4.69, 9.17) is 46.4 Å². The Morgan fingerprint density at radius 2 is 1.27 bits per heavy atom. The maximum absolute atomic E-state index is 11.8. The molecule has 278 valence electrons. The molecule has 2 heterocycles. The van der Waals surface area contributed by atoms with Crippen LogP contribution in [-0.2, 0) is 22.7 Å². The highest BCUT2D eigenvalue weighted by atomic mass is 35.5. The Morgan fingerprint density at radius 3 is 1.88 bits per heavy atom. The number of unbranched alkanes of at least 4 members (excludes halogenated alkanes) is 10. The first kappa shape index (κ1) is 40.9. The second-order valence-corrected chi connectivity index (χ2v) is 14.8. The number of carbonyl (C=O) groups excluding carboxylic acids is 1. The van der Waals surface area contributed by atoms with Gasteiger partial charge in [0.2, 0.25) is 0 Å². The number of aromatic nitrogens is 2. The van der Waals surface area contributed by atoms with Crippen LogP contribution in [0.3, 0.4) is 0 Å². The van der Waals surface area contributed by atoms with E-state index in [1.807, 2.05) is 39.8 Å². The highest BCUT2D eigenvalue weighted by molar-refractivity contribution is 6.43. The zero-order valence-electron chi connectivity index (χ0n) is 29.7. The summed E-state index contributed by atoms with van der Waals surface area (Å²) >= 11 is 26.1. The molecule has 2 aromatic carbocycles. The van der Waals surface area contributed by atoms with Crippen LogP contribution in [0.5, 0.6) is 0 Å². The van der Waals surface area contributed by atoms with Crippen molar-refractivity contribution < 1.29 is 24.4 Å². The largest absolute Gasteiger partial charge is 0.550 e. The van der Waals surface area contributed by atoms with E-state index in [1.165, 1.54) is 38.5 Å². The van der Waals surface area contributed by atoms with E-state index in [0.717, 1.165) is 79.1 Å². The molecule has 1 aliphatic heterocycles. The van der Waals surface area contributed by atoms with Crippen molar-refractivity contribution in [3.63, 3.8) is 0 Å². The highest BCUT2D eigenvalue weighted by Gasteiger charge is 2.32. The van der Waals surface area contributed by atoms with E-state index in [9.17, 15) is 19.8 Å². The molecule has 12 heteroatoms. The lowest BCUT2D eigenvalue weighted by atomic mass is 10.1. The summed E-state index contributed by atoms with van der Waals surface area (Å²) in [6.07, 6.45) is 19.2. The maximum atomic E-state index is 11.8. The van der Waals surface area contributed by atoms with E-state index < -0.39 is 11.9 Å². The van der Waals surface area contributed by atoms with E-state index >= 15 is 0 Å². The quantitative estimate of drug-likeness (QED) is 0.0807. The summed E-state index contributed by atoms with van der Waals surface area (Å²) in [5.41, 5.74) is 3.35. The number of rotatable bonds is 22. The topological polar surface area (TPSA) is 92.7 Å². The normalized spacial score (nSPS) is 13.7. The molecule has 1 N–H and O–H groups in total. The zero-order valence-corrected chi connectivity index (χ0v) is 32.8. The van der Waals surface area contributed by atoms with E-state index in [-0.39, 0.29) is 25.9 Å². The summed E-state index contributed by atoms with van der Waals surface area (Å²) in [5, 5.41) is 22.9. The second kappa shape index (κ2) is 20.4. The monoisotopic (exact) mass is 778 g/mol. The molecule has 4 rings (SSSR count). The summed E-state index contributed by atoms with van der Waals surface area (Å²) in [6, 6.07) is 7.30. The van der Waals surface area contributed by atoms with Crippen molar-refractivity contribution in [2.24, 2.45) is 0 Å². The lowest BCUT2D eigenvalue weighted by Crippen LogP contribution is -2.36. The number of halogens is 4. The number of hydrogen-bond donors (Lipinski definition) is 1. The van der Waals surface area contributed by atoms with Crippen LogP contribution in [0.25, 0.3) is 17.1 Å². The van der Waals surface area contributed by atoms with Crippen LogP contribution in [0.2, 0.25) is 20.1 Å². The highest BCUT2D eigenvalue weighted by Crippen LogP contribution is 2.46. The summed E-state index contributed by atoms with van der Waals surface area (Å²) in [5.74, 6) is -0.417. The van der Waals surface area contributed by atoms with Crippen LogP contribution in [0.15, 0.2) is 42.2 Å². The van der Waals surface area contributed by atoms with Gasteiger partial charge in [0.1, 0.15) is 12.4 Å². The number of carboxylic acids is 2. The molecule has 0 radical (unpaired) electrons. The van der Waals surface area contributed by atoms with E-state index in [1.54, 1.807) is 12.1 Å². The van der Waals surface area contributed by atoms with E-state index in [2.05, 4.69) is 23.3 Å². The van der Waals surface area contributed by atoms with Crippen LogP contribution in [0.1, 0.15) is 110 Å². The third kappa shape index (κ3) is 11.0. The van der Waals surface area contributed by atoms with E-state index in [0.29, 0.717) is 26.6 Å². The van der Waals surface area contributed by atoms with Gasteiger partial charge in [0, 0.05) is 43.7 Å². The predicted molar refractivity (Wildman–Crippen MR) is 209 cm³/mol. The number of hydrogen-bond acceptors (Lipinski definition) is 5. The molecule has 0 atom stereocenters. The Balaban J connectivity index is 1.78. The number of allylic oxidation sites excluding steroid dienone is 2. The van der Waals surface area contributed by atoms with Crippen molar-refractivity contribution in [1.29, 1.82) is 0 Å². The zero-order chi connectivity index (χ0) is 36.9. The van der Waals surface area contributed by atoms with Crippen molar-refractivity contribution in [3.05, 3.63) is 68.2 Å². The maximum Gasteiger partial charge on any atom is 0.307 e. The fourth-order valence-electron chi connectivity index (χ4n) is 6.73. The van der Waals surface area contributed by atoms with Gasteiger partial charge in [0.25, 0.3) is 5.82 Å². The fraction of sp³-hybridized carbons (Fsp3) is 0.513. The molecule has 8 nitrogen and oxygen atoms in total. The van der Waals surface area contributed by atoms with Gasteiger partial charge in [-0.05, 0) is 37.5 Å². The average molecular weight is 781 g/mol. The summed E-state index contributed by atoms with van der Waals surface area (Å²) in [6.45, 7) is 6.28.